The Labute approximate surface area is 121 Å². The van der Waals surface area contributed by atoms with Gasteiger partial charge in [0, 0.05) is 12.8 Å². The standard InChI is InChI=1S/C14H16N2O5/c15-14(20)11-8-16(12(17)6-3-7-13(18)19)9-4-1-2-5-10(9)21-11/h1-2,4-5,11H,3,6-8H2,(H2,15,20)(H,18,19). The van der Waals surface area contributed by atoms with Crippen LogP contribution in [0.2, 0.25) is 0 Å². The zero-order valence-electron chi connectivity index (χ0n) is 11.3. The Hall–Kier alpha value is -2.57. The van der Waals surface area contributed by atoms with E-state index in [1.807, 2.05) is 0 Å². The normalized spacial score (nSPS) is 16.8. The predicted molar refractivity (Wildman–Crippen MR) is 73.9 cm³/mol. The summed E-state index contributed by atoms with van der Waals surface area (Å²) in [5.41, 5.74) is 5.81. The van der Waals surface area contributed by atoms with Crippen molar-refractivity contribution < 1.29 is 24.2 Å². The average molecular weight is 292 g/mol. The summed E-state index contributed by atoms with van der Waals surface area (Å²) < 4.78 is 5.45. The quantitative estimate of drug-likeness (QED) is 0.822. The first-order chi connectivity index (χ1) is 9.99. The monoisotopic (exact) mass is 292 g/mol. The number of carboxylic acids is 1. The molecular formula is C14H16N2O5. The summed E-state index contributed by atoms with van der Waals surface area (Å²) in [6.07, 6.45) is -0.638. The lowest BCUT2D eigenvalue weighted by atomic mass is 10.1. The Balaban J connectivity index is 2.15. The second-order valence-corrected chi connectivity index (χ2v) is 4.73. The average Bonchev–Trinajstić information content (AvgIpc) is 2.45. The topological polar surface area (TPSA) is 110 Å². The molecule has 7 heteroatoms. The van der Waals surface area contributed by atoms with E-state index in [-0.39, 0.29) is 31.7 Å². The number of hydrogen-bond donors (Lipinski definition) is 2. The molecule has 2 amide bonds. The van der Waals surface area contributed by atoms with Crippen molar-refractivity contribution in [3.8, 4) is 5.75 Å². The number of ether oxygens (including phenoxy) is 1. The fourth-order valence-electron chi connectivity index (χ4n) is 2.14. The summed E-state index contributed by atoms with van der Waals surface area (Å²) in [6.45, 7) is 0.0399. The van der Waals surface area contributed by atoms with Gasteiger partial charge >= 0.3 is 5.97 Å². The highest BCUT2D eigenvalue weighted by molar-refractivity contribution is 5.97. The number of fused-ring (bicyclic) bond motifs is 1. The van der Waals surface area contributed by atoms with Gasteiger partial charge in [-0.15, -0.1) is 0 Å². The summed E-state index contributed by atoms with van der Waals surface area (Å²) in [5.74, 6) is -1.43. The molecular weight excluding hydrogens is 276 g/mol. The maximum atomic E-state index is 12.2. The highest BCUT2D eigenvalue weighted by atomic mass is 16.5. The van der Waals surface area contributed by atoms with E-state index in [4.69, 9.17) is 15.6 Å². The second kappa shape index (κ2) is 6.25. The molecule has 0 saturated heterocycles. The van der Waals surface area contributed by atoms with Crippen molar-refractivity contribution in [1.82, 2.24) is 0 Å². The molecule has 0 radical (unpaired) electrons. The number of aliphatic carboxylic acids is 1. The minimum absolute atomic E-state index is 0.0399. The minimum atomic E-state index is -0.944. The van der Waals surface area contributed by atoms with Crippen molar-refractivity contribution >= 4 is 23.5 Å². The highest BCUT2D eigenvalue weighted by Crippen LogP contribution is 2.33. The molecule has 1 atom stereocenters. The van der Waals surface area contributed by atoms with Crippen LogP contribution >= 0.6 is 0 Å². The lowest BCUT2D eigenvalue weighted by Gasteiger charge is -2.33. The minimum Gasteiger partial charge on any atom is -0.481 e. The van der Waals surface area contributed by atoms with Crippen LogP contribution in [0.15, 0.2) is 24.3 Å². The van der Waals surface area contributed by atoms with E-state index in [2.05, 4.69) is 0 Å². The molecule has 1 unspecified atom stereocenters. The van der Waals surface area contributed by atoms with Crippen molar-refractivity contribution in [2.45, 2.75) is 25.4 Å². The Morgan fingerprint density at radius 3 is 2.67 bits per heavy atom. The van der Waals surface area contributed by atoms with Gasteiger partial charge < -0.3 is 20.5 Å². The van der Waals surface area contributed by atoms with Gasteiger partial charge in [0.1, 0.15) is 5.75 Å². The number of primary amides is 1. The number of nitrogens with two attached hydrogens (primary N) is 1. The van der Waals surface area contributed by atoms with Crippen molar-refractivity contribution in [3.05, 3.63) is 24.3 Å². The Kier molecular flexibility index (Phi) is 4.42. The Morgan fingerprint density at radius 2 is 2.00 bits per heavy atom. The van der Waals surface area contributed by atoms with Gasteiger partial charge in [0.15, 0.2) is 6.10 Å². The molecule has 0 fully saturated rings. The van der Waals surface area contributed by atoms with Crippen LogP contribution in [0.4, 0.5) is 5.69 Å². The first-order valence-corrected chi connectivity index (χ1v) is 6.56. The molecule has 21 heavy (non-hydrogen) atoms. The number of hydrogen-bond acceptors (Lipinski definition) is 4. The third-order valence-corrected chi connectivity index (χ3v) is 3.17. The highest BCUT2D eigenvalue weighted by Gasteiger charge is 2.32. The van der Waals surface area contributed by atoms with Crippen LogP contribution in [-0.4, -0.2) is 35.5 Å². The maximum absolute atomic E-state index is 12.2. The van der Waals surface area contributed by atoms with Crippen molar-refractivity contribution in [1.29, 1.82) is 0 Å². The number of carbonyl (C=O) groups is 3. The molecule has 1 heterocycles. The van der Waals surface area contributed by atoms with Crippen molar-refractivity contribution in [2.24, 2.45) is 5.73 Å². The zero-order valence-corrected chi connectivity index (χ0v) is 11.3. The van der Waals surface area contributed by atoms with Crippen molar-refractivity contribution in [2.75, 3.05) is 11.4 Å². The SMILES string of the molecule is NC(=O)C1CN(C(=O)CCCC(=O)O)c2ccccc2O1. The van der Waals surface area contributed by atoms with E-state index < -0.39 is 18.0 Å². The lowest BCUT2D eigenvalue weighted by molar-refractivity contribution is -0.137. The molecule has 2 rings (SSSR count). The number of benzene rings is 1. The fraction of sp³-hybridized carbons (Fsp3) is 0.357. The Bertz CT molecular complexity index is 572. The van der Waals surface area contributed by atoms with Crippen molar-refractivity contribution in [3.63, 3.8) is 0 Å². The van der Waals surface area contributed by atoms with Gasteiger partial charge in [-0.3, -0.25) is 14.4 Å². The summed E-state index contributed by atoms with van der Waals surface area (Å²) in [7, 11) is 0. The second-order valence-electron chi connectivity index (χ2n) is 4.73. The molecule has 3 N–H and O–H groups in total. The fourth-order valence-corrected chi connectivity index (χ4v) is 2.14. The Morgan fingerprint density at radius 1 is 1.29 bits per heavy atom. The third-order valence-electron chi connectivity index (χ3n) is 3.17. The number of amides is 2. The van der Waals surface area contributed by atoms with E-state index in [0.29, 0.717) is 11.4 Å². The van der Waals surface area contributed by atoms with Gasteiger partial charge in [-0.25, -0.2) is 0 Å². The molecule has 0 saturated carbocycles. The number of nitrogens with zero attached hydrogens (tertiary/aromatic N) is 1. The van der Waals surface area contributed by atoms with Gasteiger partial charge in [-0.05, 0) is 18.6 Å². The van der Waals surface area contributed by atoms with Crippen LogP contribution in [-0.2, 0) is 14.4 Å². The smallest absolute Gasteiger partial charge is 0.303 e. The summed E-state index contributed by atoms with van der Waals surface area (Å²) in [4.78, 5) is 35.5. The van der Waals surface area contributed by atoms with Gasteiger partial charge in [0.25, 0.3) is 5.91 Å². The van der Waals surface area contributed by atoms with Crippen LogP contribution in [0.3, 0.4) is 0 Å². The van der Waals surface area contributed by atoms with Gasteiger partial charge in [-0.2, -0.15) is 0 Å². The molecule has 7 nitrogen and oxygen atoms in total. The van der Waals surface area contributed by atoms with E-state index in [1.54, 1.807) is 24.3 Å². The maximum Gasteiger partial charge on any atom is 0.303 e. The molecule has 1 aromatic carbocycles. The van der Waals surface area contributed by atoms with E-state index in [1.165, 1.54) is 4.90 Å². The van der Waals surface area contributed by atoms with Crippen LogP contribution in [0.1, 0.15) is 19.3 Å². The molecule has 0 aromatic heterocycles. The van der Waals surface area contributed by atoms with Crippen LogP contribution in [0, 0.1) is 0 Å². The summed E-state index contributed by atoms with van der Waals surface area (Å²) in [6, 6.07) is 6.85. The third kappa shape index (κ3) is 3.50. The number of carbonyl (C=O) groups excluding carboxylic acids is 2. The van der Waals surface area contributed by atoms with Gasteiger partial charge in [0.2, 0.25) is 5.91 Å². The predicted octanol–water partition coefficient (Wildman–Crippen LogP) is 0.521. The van der Waals surface area contributed by atoms with E-state index >= 15 is 0 Å². The van der Waals surface area contributed by atoms with E-state index in [0.717, 1.165) is 0 Å². The number of anilines is 1. The largest absolute Gasteiger partial charge is 0.481 e. The van der Waals surface area contributed by atoms with E-state index in [9.17, 15) is 14.4 Å². The van der Waals surface area contributed by atoms with Gasteiger partial charge in [-0.1, -0.05) is 12.1 Å². The molecule has 0 bridgehead atoms. The molecule has 0 aliphatic carbocycles. The first-order valence-electron chi connectivity index (χ1n) is 6.56. The molecule has 112 valence electrons. The van der Waals surface area contributed by atoms with Crippen LogP contribution < -0.4 is 15.4 Å². The van der Waals surface area contributed by atoms with Crippen LogP contribution in [0.25, 0.3) is 0 Å². The summed E-state index contributed by atoms with van der Waals surface area (Å²) in [5, 5.41) is 8.60. The first kappa shape index (κ1) is 14.8. The summed E-state index contributed by atoms with van der Waals surface area (Å²) >= 11 is 0. The zero-order chi connectivity index (χ0) is 15.4. The lowest BCUT2D eigenvalue weighted by Crippen LogP contribution is -2.49. The molecule has 0 spiro atoms. The molecule has 1 aliphatic heterocycles. The number of carboxylic acid groups (broad SMARTS) is 1. The molecule has 1 aromatic rings. The van der Waals surface area contributed by atoms with Gasteiger partial charge in [0.05, 0.1) is 12.2 Å². The van der Waals surface area contributed by atoms with Crippen LogP contribution in [0.5, 0.6) is 5.75 Å². The molecule has 1 aliphatic rings. The number of para-hydroxylation sites is 2. The number of rotatable bonds is 5.